The maximum atomic E-state index is 11.5. The number of aliphatic carboxylic acids is 1. The van der Waals surface area contributed by atoms with Crippen molar-refractivity contribution in [3.63, 3.8) is 0 Å². The summed E-state index contributed by atoms with van der Waals surface area (Å²) < 4.78 is 4.83. The standard InChI is InChI=1S/C11H15N3O4/c1-4-18-10(17)8-5-12-11(13-6(8)2)14-7(3)9(15)16/h5,7H,4H2,1-3H3,(H,15,16)(H,12,13,14). The molecule has 1 rings (SSSR count). The fourth-order valence-corrected chi connectivity index (χ4v) is 1.20. The number of esters is 1. The van der Waals surface area contributed by atoms with E-state index >= 15 is 0 Å². The fraction of sp³-hybridized carbons (Fsp3) is 0.455. The molecule has 1 heterocycles. The van der Waals surface area contributed by atoms with Crippen LogP contribution in [0.25, 0.3) is 0 Å². The Morgan fingerprint density at radius 3 is 2.72 bits per heavy atom. The lowest BCUT2D eigenvalue weighted by Gasteiger charge is -2.10. The molecule has 0 fully saturated rings. The van der Waals surface area contributed by atoms with Crippen molar-refractivity contribution in [3.8, 4) is 0 Å². The number of carbonyl (C=O) groups is 2. The molecule has 0 amide bonds. The molecule has 1 unspecified atom stereocenters. The molecule has 7 heteroatoms. The fourth-order valence-electron chi connectivity index (χ4n) is 1.20. The molecule has 0 saturated heterocycles. The number of aryl methyl sites for hydroxylation is 1. The minimum Gasteiger partial charge on any atom is -0.480 e. The van der Waals surface area contributed by atoms with E-state index in [1.807, 2.05) is 0 Å². The van der Waals surface area contributed by atoms with Gasteiger partial charge >= 0.3 is 11.9 Å². The number of hydrogen-bond acceptors (Lipinski definition) is 6. The van der Waals surface area contributed by atoms with Gasteiger partial charge in [-0.05, 0) is 20.8 Å². The Morgan fingerprint density at radius 2 is 2.22 bits per heavy atom. The molecule has 1 atom stereocenters. The van der Waals surface area contributed by atoms with E-state index in [1.54, 1.807) is 13.8 Å². The van der Waals surface area contributed by atoms with Crippen molar-refractivity contribution in [2.45, 2.75) is 26.8 Å². The third kappa shape index (κ3) is 3.41. The molecule has 2 N–H and O–H groups in total. The van der Waals surface area contributed by atoms with E-state index in [2.05, 4.69) is 15.3 Å². The van der Waals surface area contributed by atoms with Gasteiger partial charge in [0, 0.05) is 6.20 Å². The Bertz CT molecular complexity index is 462. The number of aromatic nitrogens is 2. The van der Waals surface area contributed by atoms with E-state index < -0.39 is 18.0 Å². The first-order valence-electron chi connectivity index (χ1n) is 5.45. The molecule has 18 heavy (non-hydrogen) atoms. The van der Waals surface area contributed by atoms with Gasteiger partial charge in [-0.1, -0.05) is 0 Å². The normalized spacial score (nSPS) is 11.7. The third-order valence-electron chi connectivity index (χ3n) is 2.19. The average Bonchev–Trinajstić information content (AvgIpc) is 2.29. The molecule has 0 bridgehead atoms. The average molecular weight is 253 g/mol. The summed E-state index contributed by atoms with van der Waals surface area (Å²) in [6, 6.07) is -0.808. The number of rotatable bonds is 5. The first kappa shape index (κ1) is 13.9. The van der Waals surface area contributed by atoms with Gasteiger partial charge in [-0.25, -0.2) is 14.8 Å². The van der Waals surface area contributed by atoms with Crippen LogP contribution in [0.4, 0.5) is 5.95 Å². The van der Waals surface area contributed by atoms with E-state index in [1.165, 1.54) is 13.1 Å². The zero-order valence-electron chi connectivity index (χ0n) is 10.4. The van der Waals surface area contributed by atoms with Crippen molar-refractivity contribution in [3.05, 3.63) is 17.5 Å². The predicted octanol–water partition coefficient (Wildman–Crippen LogP) is 0.847. The third-order valence-corrected chi connectivity index (χ3v) is 2.19. The quantitative estimate of drug-likeness (QED) is 0.750. The zero-order valence-corrected chi connectivity index (χ0v) is 10.4. The highest BCUT2D eigenvalue weighted by atomic mass is 16.5. The second kappa shape index (κ2) is 5.95. The van der Waals surface area contributed by atoms with Crippen molar-refractivity contribution in [1.82, 2.24) is 9.97 Å². The Labute approximate surface area is 104 Å². The molecule has 0 aliphatic carbocycles. The molecule has 1 aromatic heterocycles. The maximum Gasteiger partial charge on any atom is 0.341 e. The number of hydrogen-bond donors (Lipinski definition) is 2. The van der Waals surface area contributed by atoms with Crippen LogP contribution in [0, 0.1) is 6.92 Å². The van der Waals surface area contributed by atoms with E-state index in [4.69, 9.17) is 9.84 Å². The van der Waals surface area contributed by atoms with Gasteiger partial charge in [0.05, 0.1) is 17.9 Å². The first-order chi connectivity index (χ1) is 8.45. The summed E-state index contributed by atoms with van der Waals surface area (Å²) in [5.74, 6) is -1.34. The lowest BCUT2D eigenvalue weighted by Crippen LogP contribution is -2.26. The second-order valence-electron chi connectivity index (χ2n) is 3.62. The number of carboxylic acids is 1. The van der Waals surface area contributed by atoms with Crippen molar-refractivity contribution >= 4 is 17.9 Å². The van der Waals surface area contributed by atoms with E-state index in [0.29, 0.717) is 5.69 Å². The van der Waals surface area contributed by atoms with Gasteiger partial charge in [0.25, 0.3) is 0 Å². The highest BCUT2D eigenvalue weighted by Gasteiger charge is 2.15. The van der Waals surface area contributed by atoms with E-state index in [-0.39, 0.29) is 18.1 Å². The van der Waals surface area contributed by atoms with Crippen LogP contribution in [0.1, 0.15) is 29.9 Å². The SMILES string of the molecule is CCOC(=O)c1cnc(NC(C)C(=O)O)nc1C. The molecule has 98 valence electrons. The number of nitrogens with one attached hydrogen (secondary N) is 1. The predicted molar refractivity (Wildman–Crippen MR) is 63.4 cm³/mol. The lowest BCUT2D eigenvalue weighted by atomic mass is 10.2. The summed E-state index contributed by atoms with van der Waals surface area (Å²) in [5, 5.41) is 11.3. The smallest absolute Gasteiger partial charge is 0.341 e. The van der Waals surface area contributed by atoms with Crippen molar-refractivity contribution in [1.29, 1.82) is 0 Å². The summed E-state index contributed by atoms with van der Waals surface area (Å²) in [4.78, 5) is 30.0. The Balaban J connectivity index is 2.85. The molecule has 0 saturated carbocycles. The lowest BCUT2D eigenvalue weighted by molar-refractivity contribution is -0.137. The minimum atomic E-state index is -1.01. The molecule has 7 nitrogen and oxygen atoms in total. The molecule has 0 aliphatic heterocycles. The summed E-state index contributed by atoms with van der Waals surface area (Å²) in [7, 11) is 0. The highest BCUT2D eigenvalue weighted by molar-refractivity contribution is 5.90. The van der Waals surface area contributed by atoms with Crippen LogP contribution in [0.3, 0.4) is 0 Å². The molecule has 0 aromatic carbocycles. The van der Waals surface area contributed by atoms with E-state index in [0.717, 1.165) is 0 Å². The van der Waals surface area contributed by atoms with Gasteiger partial charge in [-0.3, -0.25) is 4.79 Å². The monoisotopic (exact) mass is 253 g/mol. The molecule has 0 aliphatic rings. The number of carboxylic acid groups (broad SMARTS) is 1. The van der Waals surface area contributed by atoms with Crippen LogP contribution in [-0.2, 0) is 9.53 Å². The summed E-state index contributed by atoms with van der Waals surface area (Å²) in [6.07, 6.45) is 1.32. The minimum absolute atomic E-state index is 0.162. The number of ether oxygens (including phenoxy) is 1. The summed E-state index contributed by atoms with van der Waals surface area (Å²) in [6.45, 7) is 5.08. The summed E-state index contributed by atoms with van der Waals surface area (Å²) in [5.41, 5.74) is 0.703. The van der Waals surface area contributed by atoms with Gasteiger partial charge in [-0.2, -0.15) is 0 Å². The largest absolute Gasteiger partial charge is 0.480 e. The topological polar surface area (TPSA) is 101 Å². The Kier molecular flexibility index (Phi) is 4.59. The van der Waals surface area contributed by atoms with Gasteiger partial charge in [0.15, 0.2) is 0 Å². The molecule has 0 spiro atoms. The highest BCUT2D eigenvalue weighted by Crippen LogP contribution is 2.09. The maximum absolute atomic E-state index is 11.5. The van der Waals surface area contributed by atoms with Gasteiger partial charge < -0.3 is 15.2 Å². The van der Waals surface area contributed by atoms with Crippen LogP contribution in [-0.4, -0.2) is 39.7 Å². The molecule has 0 radical (unpaired) electrons. The first-order valence-corrected chi connectivity index (χ1v) is 5.45. The van der Waals surface area contributed by atoms with Gasteiger partial charge in [0.1, 0.15) is 6.04 Å². The number of anilines is 1. The van der Waals surface area contributed by atoms with Gasteiger partial charge in [-0.15, -0.1) is 0 Å². The second-order valence-corrected chi connectivity index (χ2v) is 3.62. The van der Waals surface area contributed by atoms with Gasteiger partial charge in [0.2, 0.25) is 5.95 Å². The molecule has 1 aromatic rings. The Morgan fingerprint density at radius 1 is 1.56 bits per heavy atom. The van der Waals surface area contributed by atoms with Crippen LogP contribution >= 0.6 is 0 Å². The summed E-state index contributed by atoms with van der Waals surface area (Å²) >= 11 is 0. The molecular formula is C11H15N3O4. The van der Waals surface area contributed by atoms with Crippen molar-refractivity contribution in [2.75, 3.05) is 11.9 Å². The van der Waals surface area contributed by atoms with Crippen molar-refractivity contribution < 1.29 is 19.4 Å². The van der Waals surface area contributed by atoms with Crippen LogP contribution in [0.15, 0.2) is 6.20 Å². The zero-order chi connectivity index (χ0) is 13.7. The van der Waals surface area contributed by atoms with Crippen LogP contribution < -0.4 is 5.32 Å². The number of carbonyl (C=O) groups excluding carboxylic acids is 1. The van der Waals surface area contributed by atoms with Crippen LogP contribution in [0.5, 0.6) is 0 Å². The van der Waals surface area contributed by atoms with Crippen LogP contribution in [0.2, 0.25) is 0 Å². The van der Waals surface area contributed by atoms with E-state index in [9.17, 15) is 9.59 Å². The number of nitrogens with zero attached hydrogens (tertiary/aromatic N) is 2. The Hall–Kier alpha value is -2.18. The van der Waals surface area contributed by atoms with Crippen molar-refractivity contribution in [2.24, 2.45) is 0 Å². The molecular weight excluding hydrogens is 238 g/mol.